The lowest BCUT2D eigenvalue weighted by Gasteiger charge is -2.36. The number of benzene rings is 1. The van der Waals surface area contributed by atoms with E-state index in [4.69, 9.17) is 0 Å². The van der Waals surface area contributed by atoms with Crippen LogP contribution in [0.4, 0.5) is 0 Å². The van der Waals surface area contributed by atoms with Crippen molar-refractivity contribution in [2.75, 3.05) is 6.54 Å². The van der Waals surface area contributed by atoms with Crippen LogP contribution >= 0.6 is 0 Å². The van der Waals surface area contributed by atoms with Crippen molar-refractivity contribution in [1.82, 2.24) is 5.43 Å². The van der Waals surface area contributed by atoms with E-state index in [0.29, 0.717) is 13.1 Å². The summed E-state index contributed by atoms with van der Waals surface area (Å²) in [6.45, 7) is 0.989. The highest BCUT2D eigenvalue weighted by Gasteiger charge is 2.18. The van der Waals surface area contributed by atoms with Crippen LogP contribution in [0.2, 0.25) is 0 Å². The summed E-state index contributed by atoms with van der Waals surface area (Å²) in [5, 5.41) is 11.8. The summed E-state index contributed by atoms with van der Waals surface area (Å²) in [7, 11) is 0. The molecular formula is C10H12N2O. The number of nitrogens with zero attached hydrogens (tertiary/aromatic N) is 1. The van der Waals surface area contributed by atoms with Crippen molar-refractivity contribution in [3.05, 3.63) is 53.4 Å². The van der Waals surface area contributed by atoms with Crippen LogP contribution in [0.5, 0.6) is 0 Å². The minimum Gasteiger partial charge on any atom is -0.606 e. The number of hydrogen-bond acceptors (Lipinski definition) is 2. The van der Waals surface area contributed by atoms with E-state index < -0.39 is 0 Å². The predicted molar refractivity (Wildman–Crippen MR) is 50.9 cm³/mol. The molecule has 13 heavy (non-hydrogen) atoms. The maximum absolute atomic E-state index is 11.8. The minimum absolute atomic E-state index is 0.371. The van der Waals surface area contributed by atoms with Gasteiger partial charge in [0.1, 0.15) is 13.1 Å². The first kappa shape index (κ1) is 8.29. The Morgan fingerprint density at radius 2 is 2.08 bits per heavy atom. The van der Waals surface area contributed by atoms with Crippen LogP contribution in [-0.4, -0.2) is 11.3 Å². The fourth-order valence-corrected chi connectivity index (χ4v) is 1.45. The molecule has 2 rings (SSSR count). The Hall–Kier alpha value is -1.32. The Bertz CT molecular complexity index is 300. The number of hydrogen-bond donors (Lipinski definition) is 1. The van der Waals surface area contributed by atoms with E-state index in [1.807, 2.05) is 36.4 Å². The molecule has 1 N–H and O–H groups in total. The lowest BCUT2D eigenvalue weighted by Crippen LogP contribution is -2.46. The van der Waals surface area contributed by atoms with Crippen LogP contribution in [0.25, 0.3) is 0 Å². The largest absolute Gasteiger partial charge is 0.606 e. The maximum Gasteiger partial charge on any atom is 0.127 e. The van der Waals surface area contributed by atoms with Crippen LogP contribution in [0.3, 0.4) is 0 Å². The second-order valence-corrected chi connectivity index (χ2v) is 3.25. The lowest BCUT2D eigenvalue weighted by atomic mass is 10.2. The van der Waals surface area contributed by atoms with Gasteiger partial charge in [-0.1, -0.05) is 30.3 Å². The summed E-state index contributed by atoms with van der Waals surface area (Å²) in [6.07, 6.45) is 3.58. The monoisotopic (exact) mass is 176 g/mol. The van der Waals surface area contributed by atoms with E-state index in [2.05, 4.69) is 5.43 Å². The zero-order chi connectivity index (χ0) is 9.15. The van der Waals surface area contributed by atoms with Crippen LogP contribution in [0.15, 0.2) is 42.6 Å². The first-order valence-electron chi connectivity index (χ1n) is 4.33. The molecule has 0 amide bonds. The molecule has 68 valence electrons. The smallest absolute Gasteiger partial charge is 0.127 e. The van der Waals surface area contributed by atoms with Crippen molar-refractivity contribution < 1.29 is 4.76 Å². The Kier molecular flexibility index (Phi) is 2.04. The van der Waals surface area contributed by atoms with Crippen LogP contribution < -0.4 is 5.43 Å². The molecule has 0 aromatic heterocycles. The quantitative estimate of drug-likeness (QED) is 0.548. The van der Waals surface area contributed by atoms with Crippen molar-refractivity contribution in [2.45, 2.75) is 6.54 Å². The summed E-state index contributed by atoms with van der Waals surface area (Å²) in [5.41, 5.74) is 3.85. The van der Waals surface area contributed by atoms with Gasteiger partial charge in [0.05, 0.1) is 6.20 Å². The normalized spacial score (nSPS) is 25.9. The molecule has 3 heteroatoms. The van der Waals surface area contributed by atoms with Gasteiger partial charge in [-0.15, -0.1) is 0 Å². The molecule has 1 heterocycles. The Morgan fingerprint density at radius 1 is 1.31 bits per heavy atom. The molecule has 0 fully saturated rings. The Balaban J connectivity index is 2.06. The molecule has 1 aromatic carbocycles. The summed E-state index contributed by atoms with van der Waals surface area (Å²) < 4.78 is -0.371. The van der Waals surface area contributed by atoms with Crippen molar-refractivity contribution in [3.63, 3.8) is 0 Å². The average Bonchev–Trinajstić information content (AvgIpc) is 2.54. The summed E-state index contributed by atoms with van der Waals surface area (Å²) in [5.74, 6) is 0. The van der Waals surface area contributed by atoms with Gasteiger partial charge in [0.25, 0.3) is 0 Å². The fraction of sp³-hybridized carbons (Fsp3) is 0.200. The highest BCUT2D eigenvalue weighted by Crippen LogP contribution is 2.12. The summed E-state index contributed by atoms with van der Waals surface area (Å²) in [4.78, 5) is 0. The van der Waals surface area contributed by atoms with Crippen LogP contribution in [-0.2, 0) is 6.54 Å². The first-order valence-corrected chi connectivity index (χ1v) is 4.33. The van der Waals surface area contributed by atoms with Gasteiger partial charge in [0.2, 0.25) is 0 Å². The van der Waals surface area contributed by atoms with Gasteiger partial charge in [0.15, 0.2) is 0 Å². The van der Waals surface area contributed by atoms with Gasteiger partial charge >= 0.3 is 0 Å². The second-order valence-electron chi connectivity index (χ2n) is 3.25. The van der Waals surface area contributed by atoms with E-state index >= 15 is 0 Å². The zero-order valence-electron chi connectivity index (χ0n) is 7.31. The van der Waals surface area contributed by atoms with Gasteiger partial charge in [0, 0.05) is 5.56 Å². The molecule has 1 aliphatic heterocycles. The Morgan fingerprint density at radius 3 is 2.69 bits per heavy atom. The molecule has 0 saturated carbocycles. The first-order chi connectivity index (χ1) is 6.29. The molecule has 0 bridgehead atoms. The van der Waals surface area contributed by atoms with Gasteiger partial charge < -0.3 is 5.21 Å². The van der Waals surface area contributed by atoms with E-state index in [1.165, 1.54) is 0 Å². The van der Waals surface area contributed by atoms with Crippen molar-refractivity contribution >= 4 is 0 Å². The van der Waals surface area contributed by atoms with Crippen molar-refractivity contribution in [3.8, 4) is 0 Å². The highest BCUT2D eigenvalue weighted by molar-refractivity contribution is 5.13. The van der Waals surface area contributed by atoms with E-state index in [-0.39, 0.29) is 4.76 Å². The van der Waals surface area contributed by atoms with Crippen molar-refractivity contribution in [1.29, 1.82) is 0 Å². The molecule has 0 spiro atoms. The molecular weight excluding hydrogens is 164 g/mol. The predicted octanol–water partition coefficient (Wildman–Crippen LogP) is 1.53. The standard InChI is InChI=1S/C10H12N2O/c13-12(8-4-7-11-12)9-10-5-2-1-3-6-10/h1-7,11H,8-9H2. The zero-order valence-corrected chi connectivity index (χ0v) is 7.31. The number of hydroxylamine groups is 2. The van der Waals surface area contributed by atoms with Gasteiger partial charge in [-0.25, -0.2) is 5.43 Å². The van der Waals surface area contributed by atoms with Gasteiger partial charge in [-0.3, -0.25) is 4.76 Å². The number of rotatable bonds is 2. The highest BCUT2D eigenvalue weighted by atomic mass is 16.6. The minimum atomic E-state index is -0.371. The molecule has 0 aliphatic carbocycles. The average molecular weight is 176 g/mol. The molecule has 0 saturated heterocycles. The second kappa shape index (κ2) is 3.20. The lowest BCUT2D eigenvalue weighted by molar-refractivity contribution is -0.920. The van der Waals surface area contributed by atoms with Crippen LogP contribution in [0.1, 0.15) is 5.56 Å². The molecule has 1 aromatic rings. The van der Waals surface area contributed by atoms with Gasteiger partial charge in [-0.2, -0.15) is 0 Å². The number of quaternary nitrogens is 1. The summed E-state index contributed by atoms with van der Waals surface area (Å²) in [6, 6.07) is 9.79. The molecule has 1 unspecified atom stereocenters. The summed E-state index contributed by atoms with van der Waals surface area (Å²) >= 11 is 0. The van der Waals surface area contributed by atoms with Crippen molar-refractivity contribution in [2.24, 2.45) is 0 Å². The number of nitrogens with one attached hydrogen (secondary N) is 1. The molecule has 1 aliphatic rings. The van der Waals surface area contributed by atoms with Crippen LogP contribution in [0, 0.1) is 5.21 Å². The SMILES string of the molecule is [O-][N+]1(Cc2ccccc2)CC=CN1. The fourth-order valence-electron chi connectivity index (χ4n) is 1.45. The topological polar surface area (TPSA) is 35.1 Å². The molecule has 1 atom stereocenters. The van der Waals surface area contributed by atoms with E-state index in [1.54, 1.807) is 6.20 Å². The van der Waals surface area contributed by atoms with E-state index in [9.17, 15) is 5.21 Å². The molecule has 3 nitrogen and oxygen atoms in total. The third-order valence-electron chi connectivity index (χ3n) is 2.11. The third-order valence-corrected chi connectivity index (χ3v) is 2.11. The third kappa shape index (κ3) is 1.88. The molecule has 0 radical (unpaired) electrons. The Labute approximate surface area is 77.4 Å². The maximum atomic E-state index is 11.8. The van der Waals surface area contributed by atoms with E-state index in [0.717, 1.165) is 5.56 Å². The van der Waals surface area contributed by atoms with Gasteiger partial charge in [-0.05, 0) is 6.08 Å².